The van der Waals surface area contributed by atoms with Gasteiger partial charge in [0, 0.05) is 19.3 Å². The van der Waals surface area contributed by atoms with E-state index in [2.05, 4.69) is 130 Å². The number of ether oxygens (including phenoxy) is 3. The van der Waals surface area contributed by atoms with E-state index in [1.54, 1.807) is 0 Å². The number of carbonyl (C=O) groups excluding carboxylic acids is 3. The molecule has 0 heterocycles. The molecule has 0 aliphatic heterocycles. The van der Waals surface area contributed by atoms with Crippen molar-refractivity contribution < 1.29 is 28.6 Å². The van der Waals surface area contributed by atoms with Crippen LogP contribution in [0.5, 0.6) is 0 Å². The Kier molecular flexibility index (Phi) is 53.0. The number of hydrogen-bond acceptors (Lipinski definition) is 6. The molecule has 0 spiro atoms. The van der Waals surface area contributed by atoms with Gasteiger partial charge in [0.15, 0.2) is 6.10 Å². The highest BCUT2D eigenvalue weighted by Crippen LogP contribution is 2.15. The quantitative estimate of drug-likeness (QED) is 0.0262. The van der Waals surface area contributed by atoms with Crippen molar-refractivity contribution >= 4 is 17.9 Å². The largest absolute Gasteiger partial charge is 0.462 e. The molecule has 0 saturated carbocycles. The fraction of sp³-hybridized carbons (Fsp3) is 0.635. The van der Waals surface area contributed by atoms with E-state index in [-0.39, 0.29) is 37.5 Å². The minimum atomic E-state index is -0.827. The molecule has 0 N–H and O–H groups in total. The molecule has 69 heavy (non-hydrogen) atoms. The first kappa shape index (κ1) is 64.8. The average molecular weight is 956 g/mol. The van der Waals surface area contributed by atoms with Crippen LogP contribution in [0.3, 0.4) is 0 Å². The maximum absolute atomic E-state index is 12.8. The summed E-state index contributed by atoms with van der Waals surface area (Å²) in [6, 6.07) is 0. The summed E-state index contributed by atoms with van der Waals surface area (Å²) >= 11 is 0. The molecule has 0 aromatic carbocycles. The van der Waals surface area contributed by atoms with Gasteiger partial charge in [-0.25, -0.2) is 0 Å². The Hall–Kier alpha value is -4.19. The summed E-state index contributed by atoms with van der Waals surface area (Å²) in [5, 5.41) is 0. The summed E-state index contributed by atoms with van der Waals surface area (Å²) in [4.78, 5) is 38.1. The van der Waals surface area contributed by atoms with Crippen LogP contribution in [0.15, 0.2) is 122 Å². The van der Waals surface area contributed by atoms with E-state index >= 15 is 0 Å². The molecule has 0 saturated heterocycles. The zero-order valence-electron chi connectivity index (χ0n) is 44.5. The van der Waals surface area contributed by atoms with Gasteiger partial charge in [-0.05, 0) is 96.3 Å². The molecule has 0 fully saturated rings. The highest BCUT2D eigenvalue weighted by atomic mass is 16.6. The van der Waals surface area contributed by atoms with Crippen molar-refractivity contribution in [3.8, 4) is 0 Å². The molecule has 6 nitrogen and oxygen atoms in total. The Morgan fingerprint density at radius 1 is 0.304 bits per heavy atom. The second-order valence-corrected chi connectivity index (χ2v) is 18.1. The molecule has 0 rings (SSSR count). The molecule has 1 atom stereocenters. The van der Waals surface area contributed by atoms with Gasteiger partial charge < -0.3 is 14.2 Å². The first-order valence-electron chi connectivity index (χ1n) is 28.0. The predicted molar refractivity (Wildman–Crippen MR) is 297 cm³/mol. The molecular formula is C63H102O6. The summed E-state index contributed by atoms with van der Waals surface area (Å²) in [5.41, 5.74) is 0. The van der Waals surface area contributed by atoms with Gasteiger partial charge in [0.1, 0.15) is 13.2 Å². The van der Waals surface area contributed by atoms with Crippen molar-refractivity contribution in [2.75, 3.05) is 13.2 Å². The van der Waals surface area contributed by atoms with Gasteiger partial charge in [0.25, 0.3) is 0 Å². The van der Waals surface area contributed by atoms with Crippen LogP contribution in [0.2, 0.25) is 0 Å². The van der Waals surface area contributed by atoms with Crippen molar-refractivity contribution in [3.63, 3.8) is 0 Å². The second-order valence-electron chi connectivity index (χ2n) is 18.1. The van der Waals surface area contributed by atoms with Gasteiger partial charge in [-0.3, -0.25) is 14.4 Å². The second kappa shape index (κ2) is 56.4. The Bertz CT molecular complexity index is 1470. The predicted octanol–water partition coefficient (Wildman–Crippen LogP) is 18.9. The van der Waals surface area contributed by atoms with Gasteiger partial charge in [-0.15, -0.1) is 0 Å². The molecule has 0 unspecified atom stereocenters. The number of allylic oxidation sites excluding steroid dienone is 20. The van der Waals surface area contributed by atoms with Gasteiger partial charge in [-0.2, -0.15) is 0 Å². The topological polar surface area (TPSA) is 78.9 Å². The Labute approximate surface area is 424 Å². The molecular weight excluding hydrogens is 853 g/mol. The van der Waals surface area contributed by atoms with Crippen LogP contribution < -0.4 is 0 Å². The summed E-state index contributed by atoms with van der Waals surface area (Å²) in [5.74, 6) is -1.05. The molecule has 0 bridgehead atoms. The zero-order chi connectivity index (χ0) is 50.0. The molecule has 0 amide bonds. The van der Waals surface area contributed by atoms with Gasteiger partial charge in [0.2, 0.25) is 0 Å². The van der Waals surface area contributed by atoms with Crippen LogP contribution in [0.25, 0.3) is 0 Å². The maximum Gasteiger partial charge on any atom is 0.306 e. The highest BCUT2D eigenvalue weighted by molar-refractivity contribution is 5.71. The molecule has 390 valence electrons. The monoisotopic (exact) mass is 955 g/mol. The molecule has 0 aliphatic carbocycles. The van der Waals surface area contributed by atoms with Gasteiger partial charge in [0.05, 0.1) is 0 Å². The van der Waals surface area contributed by atoms with Crippen molar-refractivity contribution in [1.82, 2.24) is 0 Å². The number of esters is 3. The smallest absolute Gasteiger partial charge is 0.306 e. The minimum absolute atomic E-state index is 0.124. The molecule has 0 aromatic rings. The number of unbranched alkanes of at least 4 members (excludes halogenated alkanes) is 18. The lowest BCUT2D eigenvalue weighted by Crippen LogP contribution is -2.30. The highest BCUT2D eigenvalue weighted by Gasteiger charge is 2.19. The number of hydrogen-bond donors (Lipinski definition) is 0. The van der Waals surface area contributed by atoms with E-state index in [0.29, 0.717) is 25.7 Å². The van der Waals surface area contributed by atoms with Crippen molar-refractivity contribution in [2.45, 2.75) is 245 Å². The lowest BCUT2D eigenvalue weighted by atomic mass is 10.0. The van der Waals surface area contributed by atoms with E-state index in [4.69, 9.17) is 14.2 Å². The summed E-state index contributed by atoms with van der Waals surface area (Å²) in [6.45, 7) is 6.31. The van der Waals surface area contributed by atoms with E-state index in [1.807, 2.05) is 12.2 Å². The third-order valence-electron chi connectivity index (χ3n) is 11.5. The van der Waals surface area contributed by atoms with Crippen LogP contribution in [-0.2, 0) is 28.6 Å². The Morgan fingerprint density at radius 3 is 0.971 bits per heavy atom. The Morgan fingerprint density at radius 2 is 0.594 bits per heavy atom. The summed E-state index contributed by atoms with van der Waals surface area (Å²) in [7, 11) is 0. The Balaban J connectivity index is 4.55. The average Bonchev–Trinajstić information content (AvgIpc) is 3.35. The molecule has 0 aliphatic rings. The first-order valence-corrected chi connectivity index (χ1v) is 28.0. The SMILES string of the molecule is CC/C=C\C/C=C\C/C=C\C/C=C\C/C=C\C/C=C\CCC(=O)OC[C@H](COC(=O)CCCC/C=C\C/C=C\C/C=C\C/C=C\CC)OC(=O)CCCCCCCCCCCCCCCCCCC. The van der Waals surface area contributed by atoms with E-state index in [1.165, 1.54) is 89.9 Å². The third kappa shape index (κ3) is 54.6. The van der Waals surface area contributed by atoms with Crippen LogP contribution in [-0.4, -0.2) is 37.2 Å². The van der Waals surface area contributed by atoms with Crippen molar-refractivity contribution in [1.29, 1.82) is 0 Å². The summed E-state index contributed by atoms with van der Waals surface area (Å²) < 4.78 is 16.7. The number of carbonyl (C=O) groups is 3. The fourth-order valence-electron chi connectivity index (χ4n) is 7.34. The number of rotatable bonds is 49. The maximum atomic E-state index is 12.8. The zero-order valence-corrected chi connectivity index (χ0v) is 44.5. The van der Waals surface area contributed by atoms with E-state index in [9.17, 15) is 14.4 Å². The van der Waals surface area contributed by atoms with Crippen molar-refractivity contribution in [3.05, 3.63) is 122 Å². The first-order chi connectivity index (χ1) is 34.0. The lowest BCUT2D eigenvalue weighted by Gasteiger charge is -2.18. The molecule has 0 aromatic heterocycles. The fourth-order valence-corrected chi connectivity index (χ4v) is 7.34. The normalized spacial score (nSPS) is 13.0. The van der Waals surface area contributed by atoms with Gasteiger partial charge >= 0.3 is 17.9 Å². The van der Waals surface area contributed by atoms with Crippen LogP contribution in [0.4, 0.5) is 0 Å². The van der Waals surface area contributed by atoms with Crippen LogP contribution >= 0.6 is 0 Å². The molecule has 0 radical (unpaired) electrons. The third-order valence-corrected chi connectivity index (χ3v) is 11.5. The van der Waals surface area contributed by atoms with Crippen LogP contribution in [0, 0.1) is 0 Å². The van der Waals surface area contributed by atoms with E-state index < -0.39 is 6.10 Å². The van der Waals surface area contributed by atoms with E-state index in [0.717, 1.165) is 96.3 Å². The standard InChI is InChI=1S/C63H102O6/c1-4-7-10-13-16-19-22-25-28-30-31-33-35-38-41-44-47-50-53-56-62(65)68-59-60(58-67-61(64)55-52-49-46-43-40-37-34-27-24-21-18-15-12-9-6-3)69-63(66)57-54-51-48-45-42-39-36-32-29-26-23-20-17-14-11-8-5-2/h7,9-10,12,16,18-19,21,25,27-28,31,33-34,38,40-41,43,47,50,60H,4-6,8,11,13-15,17,20,22-24,26,29-30,32,35-37,39,42,44-46,48-49,51-59H2,1-3H3/b10-7-,12-9-,19-16-,21-18-,28-25-,33-31-,34-27-,41-38-,43-40-,50-47-/t60-/m0/s1. The minimum Gasteiger partial charge on any atom is -0.462 e. The summed E-state index contributed by atoms with van der Waals surface area (Å²) in [6.07, 6.45) is 77.7. The van der Waals surface area contributed by atoms with Gasteiger partial charge in [-0.1, -0.05) is 245 Å². The molecule has 6 heteroatoms. The van der Waals surface area contributed by atoms with Crippen molar-refractivity contribution in [2.24, 2.45) is 0 Å². The lowest BCUT2D eigenvalue weighted by molar-refractivity contribution is -0.166. The van der Waals surface area contributed by atoms with Crippen LogP contribution in [0.1, 0.15) is 239 Å².